The van der Waals surface area contributed by atoms with E-state index in [-0.39, 0.29) is 17.3 Å². The van der Waals surface area contributed by atoms with E-state index in [9.17, 15) is 9.59 Å². The van der Waals surface area contributed by atoms with Crippen LogP contribution in [-0.4, -0.2) is 51.3 Å². The van der Waals surface area contributed by atoms with Crippen LogP contribution in [0, 0.1) is 5.92 Å². The summed E-state index contributed by atoms with van der Waals surface area (Å²) in [6.07, 6.45) is 2.98. The van der Waals surface area contributed by atoms with E-state index in [2.05, 4.69) is 15.1 Å². The van der Waals surface area contributed by atoms with Crippen molar-refractivity contribution in [2.24, 2.45) is 5.92 Å². The molecule has 0 bridgehead atoms. The zero-order chi connectivity index (χ0) is 18.4. The van der Waals surface area contributed by atoms with Gasteiger partial charge in [-0.3, -0.25) is 14.6 Å². The van der Waals surface area contributed by atoms with E-state index >= 15 is 0 Å². The number of morpholine rings is 1. The fraction of sp³-hybridized carbons (Fsp3) is 0.368. The third kappa shape index (κ3) is 2.91. The Balaban J connectivity index is 1.51. The van der Waals surface area contributed by atoms with Gasteiger partial charge in [0.15, 0.2) is 11.4 Å². The first-order valence-electron chi connectivity index (χ1n) is 9.14. The Kier molecular flexibility index (Phi) is 3.78. The molecule has 27 heavy (non-hydrogen) atoms. The predicted molar refractivity (Wildman–Crippen MR) is 99.2 cm³/mol. The number of para-hydroxylation sites is 1. The fourth-order valence-electron chi connectivity index (χ4n) is 3.46. The minimum absolute atomic E-state index is 0.143. The molecule has 2 fully saturated rings. The summed E-state index contributed by atoms with van der Waals surface area (Å²) in [7, 11) is 0. The lowest BCUT2D eigenvalue weighted by molar-refractivity contribution is -0.132. The van der Waals surface area contributed by atoms with Gasteiger partial charge in [0, 0.05) is 12.5 Å². The molecular weight excluding hydrogens is 346 g/mol. The second-order valence-electron chi connectivity index (χ2n) is 7.00. The van der Waals surface area contributed by atoms with Crippen molar-refractivity contribution in [2.75, 3.05) is 24.6 Å². The van der Waals surface area contributed by atoms with Gasteiger partial charge in [0.05, 0.1) is 25.0 Å². The number of nitrogens with one attached hydrogen (secondary N) is 1. The Morgan fingerprint density at radius 1 is 1.22 bits per heavy atom. The quantitative estimate of drug-likeness (QED) is 0.749. The lowest BCUT2D eigenvalue weighted by Gasteiger charge is -2.32. The lowest BCUT2D eigenvalue weighted by atomic mass is 10.1. The number of hydrogen-bond donors (Lipinski definition) is 1. The lowest BCUT2D eigenvalue weighted by Crippen LogP contribution is -2.47. The van der Waals surface area contributed by atoms with E-state index in [0.717, 1.165) is 18.5 Å². The molecule has 0 spiro atoms. The van der Waals surface area contributed by atoms with Crippen LogP contribution in [0.5, 0.6) is 0 Å². The first-order chi connectivity index (χ1) is 13.2. The second kappa shape index (κ2) is 6.31. The maximum Gasteiger partial charge on any atom is 0.263 e. The number of ketones is 1. The molecule has 1 saturated heterocycles. The number of ether oxygens (including phenoxy) is 1. The molecule has 0 radical (unpaired) electrons. The summed E-state index contributed by atoms with van der Waals surface area (Å²) in [5.74, 6) is 0.753. The molecule has 0 amide bonds. The predicted octanol–water partition coefficient (Wildman–Crippen LogP) is 1.29. The van der Waals surface area contributed by atoms with Gasteiger partial charge in [-0.15, -0.1) is 0 Å². The highest BCUT2D eigenvalue weighted by molar-refractivity contribution is 5.88. The number of hydrogen-bond acceptors (Lipinski definition) is 6. The molecule has 1 aliphatic carbocycles. The highest BCUT2D eigenvalue weighted by Crippen LogP contribution is 2.32. The van der Waals surface area contributed by atoms with Gasteiger partial charge < -0.3 is 9.64 Å². The molecule has 138 valence electrons. The number of nitrogens with zero attached hydrogens (tertiary/aromatic N) is 4. The molecule has 8 heteroatoms. The average molecular weight is 365 g/mol. The fourth-order valence-corrected chi connectivity index (χ4v) is 3.46. The zero-order valence-electron chi connectivity index (χ0n) is 14.7. The monoisotopic (exact) mass is 365 g/mol. The molecule has 5 rings (SSSR count). The van der Waals surface area contributed by atoms with Crippen molar-refractivity contribution >= 4 is 22.8 Å². The van der Waals surface area contributed by atoms with Crippen LogP contribution in [0.3, 0.4) is 0 Å². The number of rotatable bonds is 4. The van der Waals surface area contributed by atoms with Crippen molar-refractivity contribution in [1.29, 1.82) is 0 Å². The number of H-pyrrole nitrogens is 1. The van der Waals surface area contributed by atoms with E-state index in [1.807, 2.05) is 35.2 Å². The first kappa shape index (κ1) is 16.2. The van der Waals surface area contributed by atoms with Crippen LogP contribution in [-0.2, 0) is 9.53 Å². The SMILES string of the molecule is O=C(C1CC1)[C@H]1CN(c2nc3c(cnn3-c3ccccc3)c(=O)[nH]2)CCO1. The Morgan fingerprint density at radius 3 is 2.81 bits per heavy atom. The van der Waals surface area contributed by atoms with Crippen LogP contribution in [0.25, 0.3) is 16.7 Å². The molecule has 1 atom stereocenters. The van der Waals surface area contributed by atoms with Crippen molar-refractivity contribution in [2.45, 2.75) is 18.9 Å². The molecule has 1 N–H and O–H groups in total. The molecule has 2 aliphatic rings. The van der Waals surface area contributed by atoms with Gasteiger partial charge >= 0.3 is 0 Å². The van der Waals surface area contributed by atoms with Crippen LogP contribution >= 0.6 is 0 Å². The van der Waals surface area contributed by atoms with Gasteiger partial charge in [-0.1, -0.05) is 18.2 Å². The number of Topliss-reactive ketones (excluding diaryl/α,β-unsaturated/α-hetero) is 1. The summed E-state index contributed by atoms with van der Waals surface area (Å²) >= 11 is 0. The van der Waals surface area contributed by atoms with Gasteiger partial charge in [-0.2, -0.15) is 10.1 Å². The van der Waals surface area contributed by atoms with E-state index in [4.69, 9.17) is 4.74 Å². The number of anilines is 1. The normalized spacial score (nSPS) is 20.1. The molecule has 3 aromatic rings. The number of carbonyl (C=O) groups is 1. The molecular formula is C19H19N5O3. The van der Waals surface area contributed by atoms with Gasteiger partial charge in [0.2, 0.25) is 5.95 Å². The second-order valence-corrected chi connectivity index (χ2v) is 7.00. The number of aromatic amines is 1. The Bertz CT molecular complexity index is 1050. The summed E-state index contributed by atoms with van der Waals surface area (Å²) < 4.78 is 7.31. The van der Waals surface area contributed by atoms with E-state index in [1.54, 1.807) is 4.68 Å². The third-order valence-electron chi connectivity index (χ3n) is 5.09. The number of benzene rings is 1. The Morgan fingerprint density at radius 2 is 2.04 bits per heavy atom. The van der Waals surface area contributed by atoms with Crippen molar-refractivity contribution in [3.8, 4) is 5.69 Å². The van der Waals surface area contributed by atoms with Crippen molar-refractivity contribution in [3.05, 3.63) is 46.9 Å². The summed E-state index contributed by atoms with van der Waals surface area (Å²) in [5, 5.41) is 4.76. The first-order valence-corrected chi connectivity index (χ1v) is 9.14. The van der Waals surface area contributed by atoms with Crippen LogP contribution in [0.1, 0.15) is 12.8 Å². The average Bonchev–Trinajstić information content (AvgIpc) is 3.47. The number of aromatic nitrogens is 4. The van der Waals surface area contributed by atoms with Crippen molar-refractivity contribution < 1.29 is 9.53 Å². The van der Waals surface area contributed by atoms with Crippen molar-refractivity contribution in [3.63, 3.8) is 0 Å². The van der Waals surface area contributed by atoms with Crippen LogP contribution in [0.15, 0.2) is 41.3 Å². The smallest absolute Gasteiger partial charge is 0.263 e. The summed E-state index contributed by atoms with van der Waals surface area (Å²) in [6.45, 7) is 1.41. The minimum Gasteiger partial charge on any atom is -0.367 e. The third-order valence-corrected chi connectivity index (χ3v) is 5.09. The van der Waals surface area contributed by atoms with Gasteiger partial charge in [-0.25, -0.2) is 4.68 Å². The largest absolute Gasteiger partial charge is 0.367 e. The maximum atomic E-state index is 12.5. The molecule has 1 saturated carbocycles. The minimum atomic E-state index is -0.453. The Labute approximate surface area is 154 Å². The standard InChI is InChI=1S/C19H19N5O3/c25-16(12-6-7-12)15-11-23(8-9-27-15)19-21-17-14(18(26)22-19)10-20-24(17)13-4-2-1-3-5-13/h1-5,10,12,15H,6-9,11H2,(H,21,22,26)/t15-/m1/s1. The molecule has 1 aliphatic heterocycles. The number of fused-ring (bicyclic) bond motifs is 1. The highest BCUT2D eigenvalue weighted by Gasteiger charge is 2.38. The zero-order valence-corrected chi connectivity index (χ0v) is 14.7. The van der Waals surface area contributed by atoms with E-state index in [1.165, 1.54) is 6.20 Å². The highest BCUT2D eigenvalue weighted by atomic mass is 16.5. The van der Waals surface area contributed by atoms with Crippen molar-refractivity contribution in [1.82, 2.24) is 19.7 Å². The molecule has 8 nitrogen and oxygen atoms in total. The van der Waals surface area contributed by atoms with Crippen LogP contribution in [0.2, 0.25) is 0 Å². The van der Waals surface area contributed by atoms with E-state index < -0.39 is 6.10 Å². The topological polar surface area (TPSA) is 93.1 Å². The molecule has 1 aromatic carbocycles. The summed E-state index contributed by atoms with van der Waals surface area (Å²) in [5.41, 5.74) is 1.09. The van der Waals surface area contributed by atoms with Gasteiger partial charge in [0.1, 0.15) is 11.5 Å². The molecule has 3 heterocycles. The maximum absolute atomic E-state index is 12.5. The molecule has 2 aromatic heterocycles. The Hall–Kier alpha value is -3.00. The molecule has 0 unspecified atom stereocenters. The van der Waals surface area contributed by atoms with Gasteiger partial charge in [-0.05, 0) is 25.0 Å². The van der Waals surface area contributed by atoms with Gasteiger partial charge in [0.25, 0.3) is 5.56 Å². The van der Waals surface area contributed by atoms with Crippen LogP contribution in [0.4, 0.5) is 5.95 Å². The summed E-state index contributed by atoms with van der Waals surface area (Å²) in [6, 6.07) is 9.56. The number of carbonyl (C=O) groups excluding carboxylic acids is 1. The van der Waals surface area contributed by atoms with Crippen LogP contribution < -0.4 is 10.5 Å². The summed E-state index contributed by atoms with van der Waals surface area (Å²) in [4.78, 5) is 34.3. The van der Waals surface area contributed by atoms with E-state index in [0.29, 0.717) is 36.7 Å².